The molecule has 94 valence electrons. The summed E-state index contributed by atoms with van der Waals surface area (Å²) in [7, 11) is 0. The first-order valence-electron chi connectivity index (χ1n) is 5.77. The van der Waals surface area contributed by atoms with Gasteiger partial charge in [-0.05, 0) is 60.1 Å². The average molecular weight is 375 g/mol. The number of hydrogen-bond acceptors (Lipinski definition) is 2. The van der Waals surface area contributed by atoms with Gasteiger partial charge in [-0.15, -0.1) is 0 Å². The van der Waals surface area contributed by atoms with Gasteiger partial charge in [-0.2, -0.15) is 5.26 Å². The van der Waals surface area contributed by atoms with Crippen LogP contribution in [0.2, 0.25) is 5.02 Å². The number of carbonyl (C=O) groups excluding carboxylic acids is 1. The number of rotatable bonds is 2. The first-order valence-corrected chi connectivity index (χ1v) is 7.23. The molecule has 1 N–H and O–H groups in total. The van der Waals surface area contributed by atoms with E-state index in [-0.39, 0.29) is 17.9 Å². The van der Waals surface area contributed by atoms with Gasteiger partial charge in [0.25, 0.3) is 5.91 Å². The third-order valence-corrected chi connectivity index (χ3v) is 4.35. The van der Waals surface area contributed by atoms with Gasteiger partial charge in [0.15, 0.2) is 0 Å². The van der Waals surface area contributed by atoms with Crippen LogP contribution in [0.3, 0.4) is 0 Å². The molecule has 1 aromatic rings. The third kappa shape index (κ3) is 2.96. The Morgan fingerprint density at radius 3 is 3.00 bits per heavy atom. The topological polar surface area (TPSA) is 52.9 Å². The first kappa shape index (κ1) is 13.6. The maximum Gasteiger partial charge on any atom is 0.252 e. The van der Waals surface area contributed by atoms with Crippen molar-refractivity contribution in [1.82, 2.24) is 5.32 Å². The molecule has 1 saturated carbocycles. The summed E-state index contributed by atoms with van der Waals surface area (Å²) in [5.74, 6) is -0.208. The van der Waals surface area contributed by atoms with Crippen molar-refractivity contribution in [3.63, 3.8) is 0 Å². The van der Waals surface area contributed by atoms with Crippen LogP contribution in [0.1, 0.15) is 29.6 Å². The van der Waals surface area contributed by atoms with Crippen LogP contribution in [0.4, 0.5) is 0 Å². The highest BCUT2D eigenvalue weighted by Gasteiger charge is 2.29. The maximum atomic E-state index is 12.2. The summed E-state index contributed by atoms with van der Waals surface area (Å²) >= 11 is 8.01. The van der Waals surface area contributed by atoms with Gasteiger partial charge in [0.1, 0.15) is 0 Å². The van der Waals surface area contributed by atoms with Crippen molar-refractivity contribution >= 4 is 40.1 Å². The summed E-state index contributed by atoms with van der Waals surface area (Å²) in [6.45, 7) is 0. The molecular weight excluding hydrogens is 363 g/mol. The number of nitrogens with zero attached hydrogens (tertiary/aromatic N) is 1. The van der Waals surface area contributed by atoms with Crippen LogP contribution < -0.4 is 5.32 Å². The molecule has 2 rings (SSSR count). The van der Waals surface area contributed by atoms with Gasteiger partial charge in [-0.3, -0.25) is 4.79 Å². The molecule has 3 nitrogen and oxygen atoms in total. The van der Waals surface area contributed by atoms with Crippen molar-refractivity contribution in [2.45, 2.75) is 25.3 Å². The van der Waals surface area contributed by atoms with E-state index in [4.69, 9.17) is 16.9 Å². The van der Waals surface area contributed by atoms with Gasteiger partial charge in [0.05, 0.1) is 17.6 Å². The van der Waals surface area contributed by atoms with Gasteiger partial charge in [-0.1, -0.05) is 11.6 Å². The van der Waals surface area contributed by atoms with Gasteiger partial charge in [-0.25, -0.2) is 0 Å². The van der Waals surface area contributed by atoms with Gasteiger partial charge < -0.3 is 5.32 Å². The fourth-order valence-electron chi connectivity index (χ4n) is 2.20. The van der Waals surface area contributed by atoms with Gasteiger partial charge >= 0.3 is 0 Å². The summed E-state index contributed by atoms with van der Waals surface area (Å²) in [4.78, 5) is 12.2. The second-order valence-corrected chi connectivity index (χ2v) is 5.97. The Bertz CT molecular complexity index is 512. The first-order chi connectivity index (χ1) is 8.61. The highest BCUT2D eigenvalue weighted by atomic mass is 127. The molecule has 0 aromatic heterocycles. The Morgan fingerprint density at radius 2 is 2.28 bits per heavy atom. The summed E-state index contributed by atoms with van der Waals surface area (Å²) < 4.78 is 0.862. The maximum absolute atomic E-state index is 12.2. The van der Waals surface area contributed by atoms with E-state index in [0.717, 1.165) is 22.8 Å². The summed E-state index contributed by atoms with van der Waals surface area (Å²) in [5, 5.41) is 12.5. The van der Waals surface area contributed by atoms with E-state index in [1.807, 2.05) is 6.07 Å². The van der Waals surface area contributed by atoms with Crippen molar-refractivity contribution in [3.8, 4) is 6.07 Å². The number of carbonyl (C=O) groups is 1. The molecule has 0 bridgehead atoms. The minimum atomic E-state index is -0.144. The largest absolute Gasteiger partial charge is 0.348 e. The predicted molar refractivity (Wildman–Crippen MR) is 78.4 cm³/mol. The number of nitriles is 1. The van der Waals surface area contributed by atoms with Crippen LogP contribution in [0, 0.1) is 20.8 Å². The van der Waals surface area contributed by atoms with Crippen molar-refractivity contribution in [2.75, 3.05) is 0 Å². The zero-order chi connectivity index (χ0) is 13.1. The average Bonchev–Trinajstić information content (AvgIpc) is 2.79. The number of amides is 1. The highest BCUT2D eigenvalue weighted by molar-refractivity contribution is 14.1. The molecule has 1 aliphatic carbocycles. The Kier molecular flexibility index (Phi) is 4.46. The lowest BCUT2D eigenvalue weighted by molar-refractivity contribution is 0.0932. The summed E-state index contributed by atoms with van der Waals surface area (Å²) in [6, 6.07) is 7.46. The van der Waals surface area contributed by atoms with Crippen LogP contribution in [-0.4, -0.2) is 11.9 Å². The quantitative estimate of drug-likeness (QED) is 0.807. The number of hydrogen-bond donors (Lipinski definition) is 1. The lowest BCUT2D eigenvalue weighted by Crippen LogP contribution is -2.37. The van der Waals surface area contributed by atoms with Gasteiger partial charge in [0, 0.05) is 14.6 Å². The van der Waals surface area contributed by atoms with Crippen molar-refractivity contribution < 1.29 is 4.79 Å². The van der Waals surface area contributed by atoms with Crippen LogP contribution in [0.25, 0.3) is 0 Å². The summed E-state index contributed by atoms with van der Waals surface area (Å²) in [5.41, 5.74) is 0.576. The van der Waals surface area contributed by atoms with E-state index in [2.05, 4.69) is 34.0 Å². The zero-order valence-electron chi connectivity index (χ0n) is 9.62. The molecule has 0 radical (unpaired) electrons. The van der Waals surface area contributed by atoms with Crippen molar-refractivity contribution in [2.24, 2.45) is 5.92 Å². The number of benzene rings is 1. The highest BCUT2D eigenvalue weighted by Crippen LogP contribution is 2.26. The van der Waals surface area contributed by atoms with Crippen LogP contribution in [0.15, 0.2) is 18.2 Å². The normalized spacial score (nSPS) is 22.5. The molecule has 1 fully saturated rings. The Morgan fingerprint density at radius 1 is 1.50 bits per heavy atom. The van der Waals surface area contributed by atoms with E-state index < -0.39 is 0 Å². The van der Waals surface area contributed by atoms with Crippen LogP contribution in [-0.2, 0) is 0 Å². The Balaban J connectivity index is 2.13. The molecule has 0 spiro atoms. The van der Waals surface area contributed by atoms with E-state index in [0.29, 0.717) is 10.6 Å². The van der Waals surface area contributed by atoms with Crippen molar-refractivity contribution in [1.29, 1.82) is 5.26 Å². The molecule has 2 atom stereocenters. The SMILES string of the molecule is N#CC1CCCC1NC(=O)c1cc(Cl)ccc1I. The molecule has 0 aliphatic heterocycles. The number of halogens is 2. The molecule has 1 amide bonds. The van der Waals surface area contributed by atoms with Crippen LogP contribution >= 0.6 is 34.2 Å². The van der Waals surface area contributed by atoms with E-state index >= 15 is 0 Å². The molecule has 2 unspecified atom stereocenters. The third-order valence-electron chi connectivity index (χ3n) is 3.17. The molecule has 1 aromatic carbocycles. The lowest BCUT2D eigenvalue weighted by atomic mass is 10.1. The lowest BCUT2D eigenvalue weighted by Gasteiger charge is -2.16. The molecule has 0 saturated heterocycles. The predicted octanol–water partition coefficient (Wildman–Crippen LogP) is 3.37. The zero-order valence-corrected chi connectivity index (χ0v) is 12.5. The fourth-order valence-corrected chi connectivity index (χ4v) is 2.96. The standard InChI is InChI=1S/C13H12ClIN2O/c14-9-4-5-11(15)10(6-9)13(18)17-12-3-1-2-8(12)7-16/h4-6,8,12H,1-3H2,(H,17,18). The monoisotopic (exact) mass is 374 g/mol. The smallest absolute Gasteiger partial charge is 0.252 e. The van der Waals surface area contributed by atoms with E-state index in [9.17, 15) is 4.79 Å². The summed E-state index contributed by atoms with van der Waals surface area (Å²) in [6.07, 6.45) is 2.74. The van der Waals surface area contributed by atoms with Crippen LogP contribution in [0.5, 0.6) is 0 Å². The Labute approximate surface area is 125 Å². The molecule has 0 heterocycles. The second-order valence-electron chi connectivity index (χ2n) is 4.37. The molecule has 5 heteroatoms. The van der Waals surface area contributed by atoms with Crippen molar-refractivity contribution in [3.05, 3.63) is 32.4 Å². The van der Waals surface area contributed by atoms with E-state index in [1.165, 1.54) is 0 Å². The Hall–Kier alpha value is -0.800. The minimum Gasteiger partial charge on any atom is -0.348 e. The van der Waals surface area contributed by atoms with Gasteiger partial charge in [0.2, 0.25) is 0 Å². The van der Waals surface area contributed by atoms with E-state index in [1.54, 1.807) is 12.1 Å². The molecule has 1 aliphatic rings. The number of nitrogens with one attached hydrogen (secondary N) is 1. The fraction of sp³-hybridized carbons (Fsp3) is 0.385. The second kappa shape index (κ2) is 5.89. The molecular formula is C13H12ClIN2O. The molecule has 18 heavy (non-hydrogen) atoms. The minimum absolute atomic E-state index is 0.0303.